The van der Waals surface area contributed by atoms with Gasteiger partial charge in [0.15, 0.2) is 0 Å². The summed E-state index contributed by atoms with van der Waals surface area (Å²) in [7, 11) is 0. The number of nitrogens with zero attached hydrogens (tertiary/aromatic N) is 1. The van der Waals surface area contributed by atoms with E-state index in [0.717, 1.165) is 23.2 Å². The number of rotatable bonds is 6. The van der Waals surface area contributed by atoms with Gasteiger partial charge in [0.05, 0.1) is 29.1 Å². The smallest absolute Gasteiger partial charge is 0.346 e. The molecule has 1 amide bonds. The monoisotopic (exact) mass is 389 g/mol. The quantitative estimate of drug-likeness (QED) is 0.621. The number of halogens is 3. The maximum absolute atomic E-state index is 12.9. The fourth-order valence-corrected chi connectivity index (χ4v) is 3.14. The van der Waals surface area contributed by atoms with E-state index in [1.807, 2.05) is 38.1 Å². The van der Waals surface area contributed by atoms with Crippen LogP contribution in [-0.2, 0) is 17.4 Å². The van der Waals surface area contributed by atoms with Crippen molar-refractivity contribution in [1.82, 2.24) is 15.3 Å². The van der Waals surface area contributed by atoms with Gasteiger partial charge in [0.1, 0.15) is 5.82 Å². The number of hydrogen-bond acceptors (Lipinski definition) is 2. The Morgan fingerprint density at radius 1 is 1.14 bits per heavy atom. The molecule has 0 bridgehead atoms. The van der Waals surface area contributed by atoms with Crippen molar-refractivity contribution in [3.05, 3.63) is 65.5 Å². The van der Waals surface area contributed by atoms with Gasteiger partial charge in [0.2, 0.25) is 5.91 Å². The summed E-state index contributed by atoms with van der Waals surface area (Å²) in [6.45, 7) is 4.07. The lowest BCUT2D eigenvalue weighted by Gasteiger charge is -2.19. The Labute approximate surface area is 161 Å². The molecule has 3 aromatic rings. The molecule has 0 radical (unpaired) electrons. The molecule has 1 heterocycles. The third-order valence-corrected chi connectivity index (χ3v) is 4.40. The van der Waals surface area contributed by atoms with Gasteiger partial charge in [-0.1, -0.05) is 44.2 Å². The van der Waals surface area contributed by atoms with Crippen molar-refractivity contribution in [1.29, 1.82) is 0 Å². The number of carbonyl (C=O) groups excluding carboxylic acids is 1. The Balaban J connectivity index is 1.76. The molecule has 1 atom stereocenters. The van der Waals surface area contributed by atoms with Gasteiger partial charge in [0.25, 0.3) is 0 Å². The standard InChI is InChI=1S/C21H22F3N3O/c1-13(2)10-18(20-26-16-8-3-4-9-17(16)27-20)25-19(28)12-14-6-5-7-15(11-14)21(22,23)24/h3-9,11,13,18H,10,12H2,1-2H3,(H,25,28)(H,26,27)/t18-/m1/s1. The largest absolute Gasteiger partial charge is 0.416 e. The number of carbonyl (C=O) groups is 1. The summed E-state index contributed by atoms with van der Waals surface area (Å²) in [5.74, 6) is 0.602. The van der Waals surface area contributed by atoms with Crippen LogP contribution in [0, 0.1) is 5.92 Å². The molecule has 0 fully saturated rings. The maximum Gasteiger partial charge on any atom is 0.416 e. The van der Waals surface area contributed by atoms with Crippen LogP contribution in [0.4, 0.5) is 13.2 Å². The molecule has 4 nitrogen and oxygen atoms in total. The molecule has 0 unspecified atom stereocenters. The van der Waals surface area contributed by atoms with Gasteiger partial charge >= 0.3 is 6.18 Å². The van der Waals surface area contributed by atoms with Crippen molar-refractivity contribution >= 4 is 16.9 Å². The van der Waals surface area contributed by atoms with E-state index in [-0.39, 0.29) is 18.4 Å². The summed E-state index contributed by atoms with van der Waals surface area (Å²) in [5.41, 5.74) is 1.24. The lowest BCUT2D eigenvalue weighted by Crippen LogP contribution is -2.31. The zero-order valence-electron chi connectivity index (χ0n) is 15.7. The second-order valence-electron chi connectivity index (χ2n) is 7.26. The van der Waals surface area contributed by atoms with Gasteiger partial charge in [-0.3, -0.25) is 4.79 Å². The highest BCUT2D eigenvalue weighted by Crippen LogP contribution is 2.29. The van der Waals surface area contributed by atoms with E-state index in [2.05, 4.69) is 15.3 Å². The summed E-state index contributed by atoms with van der Waals surface area (Å²) in [6, 6.07) is 12.1. The van der Waals surface area contributed by atoms with Gasteiger partial charge in [0, 0.05) is 0 Å². The van der Waals surface area contributed by atoms with Crippen LogP contribution < -0.4 is 5.32 Å². The van der Waals surface area contributed by atoms with Gasteiger partial charge in [-0.05, 0) is 36.1 Å². The highest BCUT2D eigenvalue weighted by atomic mass is 19.4. The highest BCUT2D eigenvalue weighted by molar-refractivity contribution is 5.79. The van der Waals surface area contributed by atoms with Crippen molar-refractivity contribution in [3.63, 3.8) is 0 Å². The lowest BCUT2D eigenvalue weighted by molar-refractivity contribution is -0.137. The topological polar surface area (TPSA) is 57.8 Å². The Morgan fingerprint density at radius 3 is 2.57 bits per heavy atom. The summed E-state index contributed by atoms with van der Waals surface area (Å²) >= 11 is 0. The first-order valence-electron chi connectivity index (χ1n) is 9.12. The number of para-hydroxylation sites is 2. The van der Waals surface area contributed by atoms with Crippen molar-refractivity contribution < 1.29 is 18.0 Å². The van der Waals surface area contributed by atoms with Crippen molar-refractivity contribution in [2.45, 2.75) is 38.9 Å². The molecule has 0 aliphatic heterocycles. The predicted octanol–water partition coefficient (Wildman–Crippen LogP) is 5.03. The Hall–Kier alpha value is -2.83. The van der Waals surface area contributed by atoms with Gasteiger partial charge < -0.3 is 10.3 Å². The SMILES string of the molecule is CC(C)C[C@@H](NC(=O)Cc1cccc(C(F)(F)F)c1)c1nc2ccccc2[nH]1. The molecule has 2 aromatic carbocycles. The van der Waals surface area contributed by atoms with Crippen LogP contribution in [0.1, 0.15) is 43.3 Å². The second-order valence-corrected chi connectivity index (χ2v) is 7.26. The van der Waals surface area contributed by atoms with E-state index in [9.17, 15) is 18.0 Å². The number of fused-ring (bicyclic) bond motifs is 1. The molecular weight excluding hydrogens is 367 g/mol. The normalized spacial score (nSPS) is 13.1. The minimum Gasteiger partial charge on any atom is -0.346 e. The molecule has 3 rings (SSSR count). The van der Waals surface area contributed by atoms with Crippen LogP contribution in [0.15, 0.2) is 48.5 Å². The minimum absolute atomic E-state index is 0.126. The fourth-order valence-electron chi connectivity index (χ4n) is 3.14. The number of hydrogen-bond donors (Lipinski definition) is 2. The number of alkyl halides is 3. The van der Waals surface area contributed by atoms with E-state index in [4.69, 9.17) is 0 Å². The minimum atomic E-state index is -4.43. The molecule has 148 valence electrons. The summed E-state index contributed by atoms with van der Waals surface area (Å²) in [4.78, 5) is 20.3. The number of amides is 1. The zero-order valence-corrected chi connectivity index (χ0v) is 15.7. The molecular formula is C21H22F3N3O. The lowest BCUT2D eigenvalue weighted by atomic mass is 10.0. The van der Waals surface area contributed by atoms with Crippen molar-refractivity contribution in [2.24, 2.45) is 5.92 Å². The first-order chi connectivity index (χ1) is 13.2. The summed E-state index contributed by atoms with van der Waals surface area (Å²) in [5, 5.41) is 2.92. The number of H-pyrrole nitrogens is 1. The third kappa shape index (κ3) is 4.91. The Kier molecular flexibility index (Phi) is 5.72. The Bertz CT molecular complexity index is 930. The molecule has 0 saturated heterocycles. The molecule has 0 aliphatic carbocycles. The molecule has 7 heteroatoms. The van der Waals surface area contributed by atoms with Crippen LogP contribution in [0.5, 0.6) is 0 Å². The average molecular weight is 389 g/mol. The Morgan fingerprint density at radius 2 is 1.89 bits per heavy atom. The van der Waals surface area contributed by atoms with Gasteiger partial charge in [-0.25, -0.2) is 4.98 Å². The van der Waals surface area contributed by atoms with Crippen LogP contribution in [0.3, 0.4) is 0 Å². The molecule has 0 saturated carbocycles. The third-order valence-electron chi connectivity index (χ3n) is 4.40. The number of imidazole rings is 1. The first-order valence-corrected chi connectivity index (χ1v) is 9.12. The van der Waals surface area contributed by atoms with E-state index in [1.165, 1.54) is 12.1 Å². The number of nitrogens with one attached hydrogen (secondary N) is 2. The molecule has 1 aromatic heterocycles. The number of benzene rings is 2. The van der Waals surface area contributed by atoms with Crippen LogP contribution >= 0.6 is 0 Å². The first kappa shape index (κ1) is 19.9. The predicted molar refractivity (Wildman–Crippen MR) is 102 cm³/mol. The number of aromatic amines is 1. The van der Waals surface area contributed by atoms with Crippen molar-refractivity contribution in [2.75, 3.05) is 0 Å². The summed E-state index contributed by atoms with van der Waals surface area (Å²) < 4.78 is 38.6. The van der Waals surface area contributed by atoms with Crippen molar-refractivity contribution in [3.8, 4) is 0 Å². The van der Waals surface area contributed by atoms with E-state index >= 15 is 0 Å². The highest BCUT2D eigenvalue weighted by Gasteiger charge is 2.30. The molecule has 0 aliphatic rings. The van der Waals surface area contributed by atoms with Crippen LogP contribution in [-0.4, -0.2) is 15.9 Å². The second kappa shape index (κ2) is 8.04. The average Bonchev–Trinajstić information content (AvgIpc) is 3.04. The van der Waals surface area contributed by atoms with Crippen LogP contribution in [0.25, 0.3) is 11.0 Å². The van der Waals surface area contributed by atoms with Gasteiger partial charge in [-0.2, -0.15) is 13.2 Å². The molecule has 2 N–H and O–H groups in total. The van der Waals surface area contributed by atoms with E-state index in [1.54, 1.807) is 0 Å². The van der Waals surface area contributed by atoms with Gasteiger partial charge in [-0.15, -0.1) is 0 Å². The maximum atomic E-state index is 12.9. The molecule has 28 heavy (non-hydrogen) atoms. The number of aromatic nitrogens is 2. The zero-order chi connectivity index (χ0) is 20.3. The molecule has 0 spiro atoms. The van der Waals surface area contributed by atoms with Crippen LogP contribution in [0.2, 0.25) is 0 Å². The van der Waals surface area contributed by atoms with E-state index < -0.39 is 11.7 Å². The fraction of sp³-hybridized carbons (Fsp3) is 0.333. The summed E-state index contributed by atoms with van der Waals surface area (Å²) in [6.07, 6.45) is -3.90. The van der Waals surface area contributed by atoms with E-state index in [0.29, 0.717) is 23.7 Å².